The third-order valence-corrected chi connectivity index (χ3v) is 4.57. The van der Waals surface area contributed by atoms with Crippen LogP contribution in [0.2, 0.25) is 0 Å². The summed E-state index contributed by atoms with van der Waals surface area (Å²) in [6, 6.07) is 0. The number of hydrogen-bond acceptors (Lipinski definition) is 2. The van der Waals surface area contributed by atoms with Crippen molar-refractivity contribution in [2.24, 2.45) is 0 Å². The number of unbranched alkanes of at least 4 members (excludes halogenated alkanes) is 9. The highest BCUT2D eigenvalue weighted by atomic mass is 79.9. The van der Waals surface area contributed by atoms with Gasteiger partial charge in [-0.2, -0.15) is 0 Å². The number of aromatic nitrogens is 3. The first-order valence-electron chi connectivity index (χ1n) is 7.50. The fourth-order valence-corrected chi connectivity index (χ4v) is 3.30. The molecule has 0 unspecified atom stereocenters. The van der Waals surface area contributed by atoms with Crippen LogP contribution in [-0.4, -0.2) is 14.8 Å². The van der Waals surface area contributed by atoms with E-state index in [9.17, 15) is 0 Å². The maximum Gasteiger partial charge on any atom is 0.200 e. The minimum atomic E-state index is 0.815. The Hall–Kier alpha value is 0.1000. The monoisotopic (exact) mass is 393 g/mol. The van der Waals surface area contributed by atoms with Crippen LogP contribution >= 0.6 is 31.9 Å². The molecule has 1 rings (SSSR count). The molecule has 1 aromatic rings. The van der Waals surface area contributed by atoms with E-state index in [-0.39, 0.29) is 0 Å². The van der Waals surface area contributed by atoms with E-state index >= 15 is 0 Å². The van der Waals surface area contributed by atoms with Gasteiger partial charge in [0.1, 0.15) is 0 Å². The minimum Gasteiger partial charge on any atom is -0.296 e. The molecule has 19 heavy (non-hydrogen) atoms. The third kappa shape index (κ3) is 7.45. The molecular formula is C14H25Br2N3. The second-order valence-electron chi connectivity index (χ2n) is 5.07. The van der Waals surface area contributed by atoms with Crippen molar-refractivity contribution in [3.05, 3.63) is 9.47 Å². The fraction of sp³-hybridized carbons (Fsp3) is 0.857. The molecule has 0 aliphatic carbocycles. The van der Waals surface area contributed by atoms with Crippen molar-refractivity contribution < 1.29 is 0 Å². The molecule has 0 aliphatic rings. The Labute approximate surface area is 133 Å². The molecule has 110 valence electrons. The molecule has 0 amide bonds. The highest BCUT2D eigenvalue weighted by Gasteiger charge is 2.05. The topological polar surface area (TPSA) is 30.7 Å². The molecule has 0 fully saturated rings. The highest BCUT2D eigenvalue weighted by Crippen LogP contribution is 2.16. The smallest absolute Gasteiger partial charge is 0.200 e. The normalized spacial score (nSPS) is 11.1. The van der Waals surface area contributed by atoms with Gasteiger partial charge in [0, 0.05) is 6.54 Å². The van der Waals surface area contributed by atoms with E-state index in [2.05, 4.69) is 53.5 Å². The molecule has 0 spiro atoms. The largest absolute Gasteiger partial charge is 0.296 e. The zero-order valence-corrected chi connectivity index (χ0v) is 15.0. The van der Waals surface area contributed by atoms with Crippen LogP contribution in [0, 0.1) is 0 Å². The van der Waals surface area contributed by atoms with Crippen molar-refractivity contribution in [1.82, 2.24) is 14.8 Å². The molecule has 1 aromatic heterocycles. The van der Waals surface area contributed by atoms with Crippen LogP contribution in [0.25, 0.3) is 0 Å². The van der Waals surface area contributed by atoms with Crippen molar-refractivity contribution in [2.45, 2.75) is 77.7 Å². The van der Waals surface area contributed by atoms with E-state index < -0.39 is 0 Å². The Morgan fingerprint density at radius 2 is 1.16 bits per heavy atom. The van der Waals surface area contributed by atoms with Crippen LogP contribution in [0.15, 0.2) is 9.47 Å². The Morgan fingerprint density at radius 1 is 0.737 bits per heavy atom. The Kier molecular flexibility index (Phi) is 9.78. The summed E-state index contributed by atoms with van der Waals surface area (Å²) in [5, 5.41) is 7.93. The van der Waals surface area contributed by atoms with Gasteiger partial charge in [-0.3, -0.25) is 4.57 Å². The zero-order chi connectivity index (χ0) is 13.9. The second-order valence-corrected chi connectivity index (χ2v) is 6.49. The van der Waals surface area contributed by atoms with Crippen molar-refractivity contribution in [2.75, 3.05) is 0 Å². The van der Waals surface area contributed by atoms with Gasteiger partial charge < -0.3 is 0 Å². The SMILES string of the molecule is CCCCCCCCCCCCn1c(Br)nnc1Br. The van der Waals surface area contributed by atoms with Crippen molar-refractivity contribution in [3.63, 3.8) is 0 Å². The summed E-state index contributed by atoms with van der Waals surface area (Å²) in [6.07, 6.45) is 13.7. The van der Waals surface area contributed by atoms with Crippen LogP contribution in [0.4, 0.5) is 0 Å². The molecular weight excluding hydrogens is 370 g/mol. The predicted molar refractivity (Wildman–Crippen MR) is 87.3 cm³/mol. The molecule has 1 heterocycles. The molecule has 0 radical (unpaired) electrons. The van der Waals surface area contributed by atoms with Gasteiger partial charge in [-0.15, -0.1) is 10.2 Å². The first kappa shape index (κ1) is 17.2. The van der Waals surface area contributed by atoms with Crippen LogP contribution in [0.3, 0.4) is 0 Å². The van der Waals surface area contributed by atoms with Gasteiger partial charge in [0.15, 0.2) is 0 Å². The first-order valence-corrected chi connectivity index (χ1v) is 9.08. The van der Waals surface area contributed by atoms with E-state index in [4.69, 9.17) is 0 Å². The lowest BCUT2D eigenvalue weighted by Gasteiger charge is -2.05. The van der Waals surface area contributed by atoms with Gasteiger partial charge in [0.25, 0.3) is 0 Å². The molecule has 0 aliphatic heterocycles. The van der Waals surface area contributed by atoms with Gasteiger partial charge in [0.2, 0.25) is 9.47 Å². The lowest BCUT2D eigenvalue weighted by Crippen LogP contribution is -1.99. The number of hydrogen-bond donors (Lipinski definition) is 0. The summed E-state index contributed by atoms with van der Waals surface area (Å²) in [6.45, 7) is 3.26. The zero-order valence-electron chi connectivity index (χ0n) is 11.9. The maximum atomic E-state index is 3.96. The predicted octanol–water partition coefficient (Wildman–Crippen LogP) is 5.72. The molecule has 0 bridgehead atoms. The molecule has 5 heteroatoms. The summed E-state index contributed by atoms with van der Waals surface area (Å²) < 4.78 is 3.69. The summed E-state index contributed by atoms with van der Waals surface area (Å²) >= 11 is 6.80. The van der Waals surface area contributed by atoms with Crippen LogP contribution in [0.1, 0.15) is 71.1 Å². The maximum absolute atomic E-state index is 3.96. The van der Waals surface area contributed by atoms with Gasteiger partial charge in [-0.25, -0.2) is 0 Å². The molecule has 0 atom stereocenters. The van der Waals surface area contributed by atoms with Gasteiger partial charge >= 0.3 is 0 Å². The van der Waals surface area contributed by atoms with E-state index in [0.29, 0.717) is 0 Å². The van der Waals surface area contributed by atoms with E-state index in [0.717, 1.165) is 16.0 Å². The van der Waals surface area contributed by atoms with Gasteiger partial charge in [-0.05, 0) is 38.3 Å². The van der Waals surface area contributed by atoms with E-state index in [1.54, 1.807) is 0 Å². The minimum absolute atomic E-state index is 0.815. The van der Waals surface area contributed by atoms with E-state index in [1.165, 1.54) is 64.2 Å². The standard InChI is InChI=1S/C14H25Br2N3/c1-2-3-4-5-6-7-8-9-10-11-12-19-13(15)17-18-14(19)16/h2-12H2,1H3. The second kappa shape index (κ2) is 10.8. The lowest BCUT2D eigenvalue weighted by atomic mass is 10.1. The van der Waals surface area contributed by atoms with Gasteiger partial charge in [-0.1, -0.05) is 64.7 Å². The number of rotatable bonds is 11. The van der Waals surface area contributed by atoms with Crippen LogP contribution in [0.5, 0.6) is 0 Å². The highest BCUT2D eigenvalue weighted by molar-refractivity contribution is 9.11. The number of halogens is 2. The summed E-state index contributed by atoms with van der Waals surface area (Å²) in [7, 11) is 0. The number of nitrogens with zero attached hydrogens (tertiary/aromatic N) is 3. The quantitative estimate of drug-likeness (QED) is 0.449. The Bertz CT molecular complexity index is 320. The Morgan fingerprint density at radius 3 is 1.63 bits per heavy atom. The van der Waals surface area contributed by atoms with Crippen LogP contribution < -0.4 is 0 Å². The van der Waals surface area contributed by atoms with Crippen molar-refractivity contribution >= 4 is 31.9 Å². The molecule has 3 nitrogen and oxygen atoms in total. The summed E-state index contributed by atoms with van der Waals surface area (Å²) in [5.74, 6) is 0. The van der Waals surface area contributed by atoms with Crippen LogP contribution in [-0.2, 0) is 6.54 Å². The first-order chi connectivity index (χ1) is 9.25. The average molecular weight is 395 g/mol. The fourth-order valence-electron chi connectivity index (χ4n) is 2.21. The third-order valence-electron chi connectivity index (χ3n) is 3.40. The summed E-state index contributed by atoms with van der Waals surface area (Å²) in [4.78, 5) is 0. The average Bonchev–Trinajstić information content (AvgIpc) is 2.72. The van der Waals surface area contributed by atoms with Crippen molar-refractivity contribution in [1.29, 1.82) is 0 Å². The van der Waals surface area contributed by atoms with Crippen molar-refractivity contribution in [3.8, 4) is 0 Å². The molecule has 0 saturated heterocycles. The molecule has 0 N–H and O–H groups in total. The molecule has 0 saturated carbocycles. The molecule has 0 aromatic carbocycles. The van der Waals surface area contributed by atoms with E-state index in [1.807, 2.05) is 0 Å². The summed E-state index contributed by atoms with van der Waals surface area (Å²) in [5.41, 5.74) is 0. The Balaban J connectivity index is 1.92. The lowest BCUT2D eigenvalue weighted by molar-refractivity contribution is 0.529. The van der Waals surface area contributed by atoms with Gasteiger partial charge in [0.05, 0.1) is 0 Å².